The number of halogens is 1. The van der Waals surface area contributed by atoms with Crippen molar-refractivity contribution in [3.05, 3.63) is 60.1 Å². The SMILES string of the molecule is COc1ccc(-c2cccc(C(=O)N3C[C@H]4CN5C(=O)[C@@H](CC(=O)OC(C)(C)C)CCCCC/C=C\[C@@H]6C[C@@]6(C(=O)NS(=O)(=O)C6CC6)NC(=O)[C@@H]5[C@H]4C3)n2)cc1F. The first-order valence-electron chi connectivity index (χ1n) is 20.2. The average molecular weight is 822 g/mol. The summed E-state index contributed by atoms with van der Waals surface area (Å²) in [6.07, 6.45) is 8.04. The van der Waals surface area contributed by atoms with Crippen LogP contribution in [0.25, 0.3) is 11.3 Å². The lowest BCUT2D eigenvalue weighted by Crippen LogP contribution is -2.58. The van der Waals surface area contributed by atoms with Gasteiger partial charge in [-0.1, -0.05) is 31.1 Å². The van der Waals surface area contributed by atoms with E-state index in [1.54, 1.807) is 49.9 Å². The summed E-state index contributed by atoms with van der Waals surface area (Å²) in [6.45, 7) is 5.67. The number of likely N-dealkylation sites (tertiary alicyclic amines) is 1. The Morgan fingerprint density at radius 3 is 2.52 bits per heavy atom. The number of amides is 4. The fourth-order valence-corrected chi connectivity index (χ4v) is 10.0. The molecule has 0 radical (unpaired) electrons. The number of aromatic nitrogens is 1. The van der Waals surface area contributed by atoms with Crippen molar-refractivity contribution < 1.29 is 46.3 Å². The fraction of sp³-hybridized carbons (Fsp3) is 0.571. The topological polar surface area (TPSA) is 181 Å². The third-order valence-electron chi connectivity index (χ3n) is 11.9. The van der Waals surface area contributed by atoms with Crippen molar-refractivity contribution in [1.29, 1.82) is 0 Å². The molecule has 1 aromatic heterocycles. The van der Waals surface area contributed by atoms with E-state index >= 15 is 0 Å². The van der Waals surface area contributed by atoms with Crippen LogP contribution in [-0.4, -0.2) is 102 Å². The minimum atomic E-state index is -3.93. The Morgan fingerprint density at radius 1 is 1.03 bits per heavy atom. The molecule has 2 saturated heterocycles. The molecule has 312 valence electrons. The number of rotatable bonds is 8. The molecule has 5 aliphatic rings. The number of esters is 1. The van der Waals surface area contributed by atoms with Gasteiger partial charge in [0.05, 0.1) is 24.5 Å². The van der Waals surface area contributed by atoms with Crippen LogP contribution in [0.3, 0.4) is 0 Å². The number of sulfonamides is 1. The van der Waals surface area contributed by atoms with Crippen LogP contribution >= 0.6 is 0 Å². The zero-order valence-corrected chi connectivity index (χ0v) is 34.2. The van der Waals surface area contributed by atoms with Gasteiger partial charge in [0.1, 0.15) is 22.9 Å². The van der Waals surface area contributed by atoms with E-state index in [9.17, 15) is 36.8 Å². The van der Waals surface area contributed by atoms with Gasteiger partial charge in [-0.25, -0.2) is 17.8 Å². The highest BCUT2D eigenvalue weighted by Crippen LogP contribution is 2.47. The summed E-state index contributed by atoms with van der Waals surface area (Å²) in [5.74, 6) is -5.37. The quantitative estimate of drug-likeness (QED) is 0.290. The standard InChI is InChI=1S/C42H52FN5O9S/c1-41(2,3)57-35(49)20-26-11-8-6-5-7-9-12-28-21-42(28,40(53)46-58(54,55)29-16-17-29)45-37(50)36-30-24-47(22-27(30)23-48(36)38(26)51)39(52)33-14-10-13-32(44-33)25-15-18-34(56-4)31(43)19-25/h9-10,12-15,18-19,26-30,36H,5-8,11,16-17,20-24H2,1-4H3,(H,45,50)(H,46,53)/b12-9-/t26-,27+,28-,30+,36+,42-/m1/s1. The Hall–Kier alpha value is -4.86. The number of hydrogen-bond donors (Lipinski definition) is 2. The number of nitrogens with zero attached hydrogens (tertiary/aromatic N) is 3. The summed E-state index contributed by atoms with van der Waals surface area (Å²) in [5.41, 5.74) is -1.37. The second kappa shape index (κ2) is 16.1. The molecule has 2 N–H and O–H groups in total. The molecule has 16 heteroatoms. The summed E-state index contributed by atoms with van der Waals surface area (Å²) in [4.78, 5) is 78.0. The maximum Gasteiger partial charge on any atom is 0.307 e. The first kappa shape index (κ1) is 41.3. The van der Waals surface area contributed by atoms with Crippen LogP contribution in [0.2, 0.25) is 0 Å². The van der Waals surface area contributed by atoms with Crippen molar-refractivity contribution in [2.45, 2.75) is 101 Å². The number of allylic oxidation sites excluding steroid dienone is 1. The molecule has 14 nitrogen and oxygen atoms in total. The number of hydrogen-bond acceptors (Lipinski definition) is 10. The molecule has 4 fully saturated rings. The summed E-state index contributed by atoms with van der Waals surface area (Å²) < 4.78 is 53.3. The van der Waals surface area contributed by atoms with E-state index in [0.29, 0.717) is 43.4 Å². The van der Waals surface area contributed by atoms with Crippen molar-refractivity contribution in [2.75, 3.05) is 26.7 Å². The molecule has 1 aromatic carbocycles. The molecule has 0 bridgehead atoms. The highest BCUT2D eigenvalue weighted by atomic mass is 32.2. The van der Waals surface area contributed by atoms with Crippen LogP contribution in [0, 0.1) is 29.5 Å². The van der Waals surface area contributed by atoms with E-state index in [4.69, 9.17) is 9.47 Å². The number of methoxy groups -OCH3 is 1. The molecule has 3 aliphatic heterocycles. The third kappa shape index (κ3) is 8.76. The number of carbonyl (C=O) groups excluding carboxylic acids is 5. The molecule has 2 aromatic rings. The van der Waals surface area contributed by atoms with Crippen LogP contribution in [0.4, 0.5) is 4.39 Å². The number of pyridine rings is 1. The van der Waals surface area contributed by atoms with Crippen molar-refractivity contribution in [2.24, 2.45) is 23.7 Å². The normalized spacial score (nSPS) is 28.2. The Morgan fingerprint density at radius 2 is 1.81 bits per heavy atom. The molecule has 58 heavy (non-hydrogen) atoms. The van der Waals surface area contributed by atoms with E-state index in [2.05, 4.69) is 15.0 Å². The fourth-order valence-electron chi connectivity index (χ4n) is 8.66. The van der Waals surface area contributed by atoms with Gasteiger partial charge in [-0.05, 0) is 89.6 Å². The van der Waals surface area contributed by atoms with Crippen molar-refractivity contribution >= 4 is 39.6 Å². The molecule has 2 aliphatic carbocycles. The van der Waals surface area contributed by atoms with Crippen molar-refractivity contribution in [3.8, 4) is 17.0 Å². The summed E-state index contributed by atoms with van der Waals surface area (Å²) in [5, 5.41) is 2.26. The van der Waals surface area contributed by atoms with Gasteiger partial charge >= 0.3 is 5.97 Å². The van der Waals surface area contributed by atoms with E-state index in [1.165, 1.54) is 24.1 Å². The maximum absolute atomic E-state index is 14.7. The molecule has 6 atom stereocenters. The molecule has 2 saturated carbocycles. The smallest absolute Gasteiger partial charge is 0.307 e. The summed E-state index contributed by atoms with van der Waals surface area (Å²) in [6, 6.07) is 8.15. The van der Waals surface area contributed by atoms with Gasteiger partial charge in [0.15, 0.2) is 11.6 Å². The van der Waals surface area contributed by atoms with Gasteiger partial charge in [-0.3, -0.25) is 28.7 Å². The minimum absolute atomic E-state index is 0.0732. The number of benzene rings is 1. The van der Waals surface area contributed by atoms with Crippen LogP contribution in [0.1, 0.15) is 89.0 Å². The lowest BCUT2D eigenvalue weighted by atomic mass is 9.92. The van der Waals surface area contributed by atoms with E-state index < -0.39 is 79.7 Å². The first-order valence-corrected chi connectivity index (χ1v) is 21.7. The second-order valence-corrected chi connectivity index (χ2v) is 19.3. The van der Waals surface area contributed by atoms with Crippen LogP contribution < -0.4 is 14.8 Å². The number of carbonyl (C=O) groups is 5. The number of ether oxygens (including phenoxy) is 2. The summed E-state index contributed by atoms with van der Waals surface area (Å²) in [7, 11) is -2.56. The Balaban J connectivity index is 1.17. The summed E-state index contributed by atoms with van der Waals surface area (Å²) >= 11 is 0. The minimum Gasteiger partial charge on any atom is -0.494 e. The molecule has 0 spiro atoms. The van der Waals surface area contributed by atoms with Crippen molar-refractivity contribution in [3.63, 3.8) is 0 Å². The average Bonchev–Trinajstić information content (AvgIpc) is 4.06. The third-order valence-corrected chi connectivity index (χ3v) is 13.7. The van der Waals surface area contributed by atoms with E-state index in [-0.39, 0.29) is 55.7 Å². The molecule has 4 heterocycles. The molecule has 7 rings (SSSR count). The van der Waals surface area contributed by atoms with Gasteiger partial charge in [0, 0.05) is 48.9 Å². The maximum atomic E-state index is 14.7. The molecule has 4 amide bonds. The highest BCUT2D eigenvalue weighted by molar-refractivity contribution is 7.91. The van der Waals surface area contributed by atoms with E-state index in [0.717, 1.165) is 12.8 Å². The number of nitrogens with one attached hydrogen (secondary N) is 2. The zero-order chi connectivity index (χ0) is 41.6. The Bertz CT molecular complexity index is 2120. The molecule has 0 unspecified atom stereocenters. The van der Waals surface area contributed by atoms with Crippen LogP contribution in [0.5, 0.6) is 5.75 Å². The Labute approximate surface area is 338 Å². The van der Waals surface area contributed by atoms with Gasteiger partial charge in [-0.15, -0.1) is 0 Å². The predicted molar refractivity (Wildman–Crippen MR) is 210 cm³/mol. The Kier molecular flexibility index (Phi) is 11.4. The monoisotopic (exact) mass is 821 g/mol. The lowest BCUT2D eigenvalue weighted by molar-refractivity contribution is -0.159. The van der Waals surface area contributed by atoms with Crippen LogP contribution in [0.15, 0.2) is 48.6 Å². The number of fused-ring (bicyclic) bond motifs is 4. The van der Waals surface area contributed by atoms with Gasteiger partial charge in [0.2, 0.25) is 21.8 Å². The first-order chi connectivity index (χ1) is 27.5. The second-order valence-electron chi connectivity index (χ2n) is 17.3. The van der Waals surface area contributed by atoms with Crippen LogP contribution in [-0.2, 0) is 33.9 Å². The van der Waals surface area contributed by atoms with Gasteiger partial charge in [0.25, 0.3) is 11.8 Å². The highest BCUT2D eigenvalue weighted by Gasteiger charge is 2.63. The largest absolute Gasteiger partial charge is 0.494 e. The van der Waals surface area contributed by atoms with Gasteiger partial charge in [-0.2, -0.15) is 0 Å². The van der Waals surface area contributed by atoms with Gasteiger partial charge < -0.3 is 24.6 Å². The van der Waals surface area contributed by atoms with E-state index in [1.807, 2.05) is 12.2 Å². The predicted octanol–water partition coefficient (Wildman–Crippen LogP) is 4.15. The lowest BCUT2D eigenvalue weighted by Gasteiger charge is -2.33. The molecular weight excluding hydrogens is 770 g/mol. The molecular formula is C42H52FN5O9S. The zero-order valence-electron chi connectivity index (χ0n) is 33.4. The van der Waals surface area contributed by atoms with Crippen molar-refractivity contribution in [1.82, 2.24) is 24.8 Å².